The SMILES string of the molecule is COCC(=O)N[C@H](c1ccccc1)c1cc2ccccc2o1. The van der Waals surface area contributed by atoms with Gasteiger partial charge in [0, 0.05) is 12.5 Å². The fourth-order valence-corrected chi connectivity index (χ4v) is 2.44. The number of fused-ring (bicyclic) bond motifs is 1. The highest BCUT2D eigenvalue weighted by molar-refractivity contribution is 5.80. The van der Waals surface area contributed by atoms with Crippen molar-refractivity contribution >= 4 is 16.9 Å². The lowest BCUT2D eigenvalue weighted by Crippen LogP contribution is -2.31. The molecule has 0 aliphatic rings. The fraction of sp³-hybridized carbons (Fsp3) is 0.167. The summed E-state index contributed by atoms with van der Waals surface area (Å²) in [5.74, 6) is 0.522. The summed E-state index contributed by atoms with van der Waals surface area (Å²) in [7, 11) is 1.50. The van der Waals surface area contributed by atoms with Crippen molar-refractivity contribution in [3.05, 3.63) is 72.0 Å². The molecule has 3 rings (SSSR count). The van der Waals surface area contributed by atoms with Crippen molar-refractivity contribution in [1.82, 2.24) is 5.32 Å². The first-order chi connectivity index (χ1) is 10.8. The number of amides is 1. The van der Waals surface area contributed by atoms with Crippen LogP contribution in [-0.4, -0.2) is 19.6 Å². The van der Waals surface area contributed by atoms with Crippen molar-refractivity contribution in [2.24, 2.45) is 0 Å². The Labute approximate surface area is 128 Å². The lowest BCUT2D eigenvalue weighted by Gasteiger charge is -2.16. The smallest absolute Gasteiger partial charge is 0.246 e. The molecule has 0 bridgehead atoms. The van der Waals surface area contributed by atoms with E-state index in [1.807, 2.05) is 60.7 Å². The summed E-state index contributed by atoms with van der Waals surface area (Å²) in [4.78, 5) is 11.9. The van der Waals surface area contributed by atoms with Crippen LogP contribution in [0.1, 0.15) is 17.4 Å². The van der Waals surface area contributed by atoms with Crippen molar-refractivity contribution in [3.8, 4) is 0 Å². The molecule has 22 heavy (non-hydrogen) atoms. The van der Waals surface area contributed by atoms with Crippen molar-refractivity contribution in [2.75, 3.05) is 13.7 Å². The first-order valence-corrected chi connectivity index (χ1v) is 7.09. The molecule has 0 aliphatic carbocycles. The first-order valence-electron chi connectivity index (χ1n) is 7.09. The summed E-state index contributed by atoms with van der Waals surface area (Å²) in [5.41, 5.74) is 1.77. The summed E-state index contributed by atoms with van der Waals surface area (Å²) in [6.45, 7) is 0.0174. The van der Waals surface area contributed by atoms with Crippen LogP contribution in [-0.2, 0) is 9.53 Å². The number of furan rings is 1. The number of nitrogens with one attached hydrogen (secondary N) is 1. The second kappa shape index (κ2) is 6.45. The Hall–Kier alpha value is -2.59. The monoisotopic (exact) mass is 295 g/mol. The minimum absolute atomic E-state index is 0.0174. The number of hydrogen-bond donors (Lipinski definition) is 1. The first kappa shape index (κ1) is 14.4. The molecule has 0 aliphatic heterocycles. The van der Waals surface area contributed by atoms with Gasteiger partial charge in [-0.1, -0.05) is 48.5 Å². The molecule has 0 saturated heterocycles. The Morgan fingerprint density at radius 3 is 2.59 bits per heavy atom. The van der Waals surface area contributed by atoms with E-state index in [1.165, 1.54) is 7.11 Å². The van der Waals surface area contributed by atoms with Crippen molar-refractivity contribution in [3.63, 3.8) is 0 Å². The number of methoxy groups -OCH3 is 1. The molecule has 1 amide bonds. The summed E-state index contributed by atoms with van der Waals surface area (Å²) in [6, 6.07) is 19.2. The minimum atomic E-state index is -0.337. The number of carbonyl (C=O) groups is 1. The average molecular weight is 295 g/mol. The maximum Gasteiger partial charge on any atom is 0.246 e. The van der Waals surface area contributed by atoms with E-state index < -0.39 is 0 Å². The van der Waals surface area contributed by atoms with Crippen LogP contribution in [0.5, 0.6) is 0 Å². The normalized spacial score (nSPS) is 12.2. The predicted molar refractivity (Wildman–Crippen MR) is 84.5 cm³/mol. The Balaban J connectivity index is 1.98. The van der Waals surface area contributed by atoms with Gasteiger partial charge in [-0.15, -0.1) is 0 Å². The third-order valence-corrected chi connectivity index (χ3v) is 3.44. The van der Waals surface area contributed by atoms with Crippen LogP contribution in [0.4, 0.5) is 0 Å². The maximum absolute atomic E-state index is 11.9. The highest BCUT2D eigenvalue weighted by atomic mass is 16.5. The van der Waals surface area contributed by atoms with Gasteiger partial charge in [-0.3, -0.25) is 4.79 Å². The summed E-state index contributed by atoms with van der Waals surface area (Å²) in [5, 5.41) is 3.97. The zero-order chi connectivity index (χ0) is 15.4. The lowest BCUT2D eigenvalue weighted by molar-refractivity contribution is -0.125. The average Bonchev–Trinajstić information content (AvgIpc) is 2.97. The quantitative estimate of drug-likeness (QED) is 0.786. The maximum atomic E-state index is 11.9. The Morgan fingerprint density at radius 2 is 1.86 bits per heavy atom. The van der Waals surface area contributed by atoms with Gasteiger partial charge in [0.1, 0.15) is 24.0 Å². The molecule has 112 valence electrons. The van der Waals surface area contributed by atoms with E-state index in [0.717, 1.165) is 16.5 Å². The van der Waals surface area contributed by atoms with Crippen LogP contribution in [0, 0.1) is 0 Å². The predicted octanol–water partition coefficient (Wildman–Crippen LogP) is 3.28. The van der Waals surface area contributed by atoms with Gasteiger partial charge in [0.15, 0.2) is 0 Å². The molecule has 0 saturated carbocycles. The molecule has 1 atom stereocenters. The number of carbonyl (C=O) groups excluding carboxylic acids is 1. The molecule has 1 aromatic heterocycles. The highest BCUT2D eigenvalue weighted by Crippen LogP contribution is 2.28. The molecule has 0 fully saturated rings. The van der Waals surface area contributed by atoms with Crippen LogP contribution in [0.3, 0.4) is 0 Å². The van der Waals surface area contributed by atoms with Gasteiger partial charge < -0.3 is 14.5 Å². The number of para-hydroxylation sites is 1. The molecule has 2 aromatic carbocycles. The van der Waals surface area contributed by atoms with Gasteiger partial charge >= 0.3 is 0 Å². The van der Waals surface area contributed by atoms with E-state index in [2.05, 4.69) is 5.32 Å². The molecule has 0 unspecified atom stereocenters. The highest BCUT2D eigenvalue weighted by Gasteiger charge is 2.20. The van der Waals surface area contributed by atoms with Crippen LogP contribution in [0.2, 0.25) is 0 Å². The van der Waals surface area contributed by atoms with Gasteiger partial charge in [0.2, 0.25) is 5.91 Å². The zero-order valence-electron chi connectivity index (χ0n) is 12.3. The fourth-order valence-electron chi connectivity index (χ4n) is 2.44. The third kappa shape index (κ3) is 3.02. The van der Waals surface area contributed by atoms with Crippen LogP contribution < -0.4 is 5.32 Å². The molecule has 1 heterocycles. The van der Waals surface area contributed by atoms with Crippen LogP contribution >= 0.6 is 0 Å². The lowest BCUT2D eigenvalue weighted by atomic mass is 10.0. The van der Waals surface area contributed by atoms with Gasteiger partial charge in [-0.25, -0.2) is 0 Å². The van der Waals surface area contributed by atoms with Crippen LogP contribution in [0.25, 0.3) is 11.0 Å². The molecular weight excluding hydrogens is 278 g/mol. The molecular formula is C18H17NO3. The Morgan fingerprint density at radius 1 is 1.14 bits per heavy atom. The van der Waals surface area contributed by atoms with E-state index in [4.69, 9.17) is 9.15 Å². The van der Waals surface area contributed by atoms with Gasteiger partial charge in [-0.05, 0) is 17.7 Å². The standard InChI is InChI=1S/C18H17NO3/c1-21-12-17(20)19-18(13-7-3-2-4-8-13)16-11-14-9-5-6-10-15(14)22-16/h2-11,18H,12H2,1H3,(H,19,20)/t18-/m1/s1. The minimum Gasteiger partial charge on any atom is -0.459 e. The van der Waals surface area contributed by atoms with Crippen LogP contribution in [0.15, 0.2) is 65.1 Å². The second-order valence-corrected chi connectivity index (χ2v) is 5.03. The Kier molecular flexibility index (Phi) is 4.21. The molecule has 0 radical (unpaired) electrons. The Bertz CT molecular complexity index is 731. The van der Waals surface area contributed by atoms with E-state index in [0.29, 0.717) is 5.76 Å². The molecule has 0 spiro atoms. The van der Waals surface area contributed by atoms with Crippen molar-refractivity contribution < 1.29 is 13.9 Å². The zero-order valence-corrected chi connectivity index (χ0v) is 12.3. The summed E-state index contributed by atoms with van der Waals surface area (Å²) < 4.78 is 10.8. The largest absolute Gasteiger partial charge is 0.459 e. The number of rotatable bonds is 5. The third-order valence-electron chi connectivity index (χ3n) is 3.44. The summed E-state index contributed by atoms with van der Waals surface area (Å²) in [6.07, 6.45) is 0. The van der Waals surface area contributed by atoms with E-state index in [-0.39, 0.29) is 18.6 Å². The van der Waals surface area contributed by atoms with Crippen molar-refractivity contribution in [2.45, 2.75) is 6.04 Å². The number of ether oxygens (including phenoxy) is 1. The van der Waals surface area contributed by atoms with Gasteiger partial charge in [0.05, 0.1) is 0 Å². The van der Waals surface area contributed by atoms with E-state index in [9.17, 15) is 4.79 Å². The van der Waals surface area contributed by atoms with Gasteiger partial charge in [0.25, 0.3) is 0 Å². The number of benzene rings is 2. The second-order valence-electron chi connectivity index (χ2n) is 5.03. The van der Waals surface area contributed by atoms with Crippen molar-refractivity contribution in [1.29, 1.82) is 0 Å². The van der Waals surface area contributed by atoms with E-state index >= 15 is 0 Å². The van der Waals surface area contributed by atoms with Gasteiger partial charge in [-0.2, -0.15) is 0 Å². The number of hydrogen-bond acceptors (Lipinski definition) is 3. The molecule has 1 N–H and O–H groups in total. The summed E-state index contributed by atoms with van der Waals surface area (Å²) >= 11 is 0. The topological polar surface area (TPSA) is 51.5 Å². The molecule has 3 aromatic rings. The molecule has 4 heteroatoms. The van der Waals surface area contributed by atoms with E-state index in [1.54, 1.807) is 0 Å². The molecule has 4 nitrogen and oxygen atoms in total.